The Balaban J connectivity index is 2.39. The largest absolute Gasteiger partial charge is 0.370 e. The zero-order chi connectivity index (χ0) is 11.3. The van der Waals surface area contributed by atoms with E-state index in [1.165, 1.54) is 11.3 Å². The van der Waals surface area contributed by atoms with E-state index in [0.717, 1.165) is 5.01 Å². The van der Waals surface area contributed by atoms with E-state index < -0.39 is 0 Å². The molecule has 0 bridgehead atoms. The fourth-order valence-electron chi connectivity index (χ4n) is 0.938. The molecule has 0 saturated carbocycles. The zero-order valence-electron chi connectivity index (χ0n) is 7.99. The molecule has 0 aliphatic carbocycles. The van der Waals surface area contributed by atoms with Crippen LogP contribution in [0.1, 0.15) is 11.4 Å². The van der Waals surface area contributed by atoms with Crippen LogP contribution in [0.15, 0.2) is 5.38 Å². The van der Waals surface area contributed by atoms with Crippen molar-refractivity contribution in [1.82, 2.24) is 4.98 Å². The van der Waals surface area contributed by atoms with Gasteiger partial charge in [0.15, 0.2) is 5.96 Å². The Morgan fingerprint density at radius 2 is 2.40 bits per heavy atom. The SMILES string of the molecule is N=C(N)Nc1csc(C[CH]CC(N)=O)n1. The van der Waals surface area contributed by atoms with Gasteiger partial charge in [0, 0.05) is 18.2 Å². The highest BCUT2D eigenvalue weighted by atomic mass is 32.1. The van der Waals surface area contributed by atoms with Crippen molar-refractivity contribution < 1.29 is 4.79 Å². The summed E-state index contributed by atoms with van der Waals surface area (Å²) in [6.45, 7) is 0. The lowest BCUT2D eigenvalue weighted by Gasteiger charge is -1.96. The minimum atomic E-state index is -0.353. The molecule has 1 aromatic rings. The van der Waals surface area contributed by atoms with Gasteiger partial charge in [0.2, 0.25) is 5.91 Å². The number of nitrogens with two attached hydrogens (primary N) is 2. The summed E-state index contributed by atoms with van der Waals surface area (Å²) in [4.78, 5) is 14.6. The lowest BCUT2D eigenvalue weighted by Crippen LogP contribution is -2.20. The summed E-state index contributed by atoms with van der Waals surface area (Å²) < 4.78 is 0. The second-order valence-corrected chi connectivity index (χ2v) is 3.77. The van der Waals surface area contributed by atoms with Crippen molar-refractivity contribution in [2.45, 2.75) is 12.8 Å². The Hall–Kier alpha value is -1.63. The molecule has 0 unspecified atom stereocenters. The molecule has 81 valence electrons. The van der Waals surface area contributed by atoms with Gasteiger partial charge in [0.1, 0.15) is 5.82 Å². The van der Waals surface area contributed by atoms with Crippen molar-refractivity contribution in [3.63, 3.8) is 0 Å². The second-order valence-electron chi connectivity index (χ2n) is 2.83. The Kier molecular flexibility index (Phi) is 4.04. The summed E-state index contributed by atoms with van der Waals surface area (Å²) in [7, 11) is 0. The number of aromatic nitrogens is 1. The van der Waals surface area contributed by atoms with Gasteiger partial charge in [-0.15, -0.1) is 11.3 Å². The molecule has 6 N–H and O–H groups in total. The fraction of sp³-hybridized carbons (Fsp3) is 0.250. The third-order valence-corrected chi connectivity index (χ3v) is 2.35. The molecule has 0 aliphatic rings. The number of guanidine groups is 1. The molecule has 1 heterocycles. The fourth-order valence-corrected chi connectivity index (χ4v) is 1.66. The first-order valence-corrected chi connectivity index (χ1v) is 5.11. The summed E-state index contributed by atoms with van der Waals surface area (Å²) in [6.07, 6.45) is 2.60. The lowest BCUT2D eigenvalue weighted by atomic mass is 10.2. The van der Waals surface area contributed by atoms with Crippen molar-refractivity contribution in [2.75, 3.05) is 5.32 Å². The van der Waals surface area contributed by atoms with E-state index >= 15 is 0 Å². The number of nitrogens with zero attached hydrogens (tertiary/aromatic N) is 1. The van der Waals surface area contributed by atoms with Gasteiger partial charge < -0.3 is 16.8 Å². The molecule has 1 radical (unpaired) electrons. The topological polar surface area (TPSA) is 118 Å². The molecule has 0 aromatic carbocycles. The molecule has 0 atom stereocenters. The summed E-state index contributed by atoms with van der Waals surface area (Å²) in [5, 5.41) is 12.2. The minimum absolute atomic E-state index is 0.145. The van der Waals surface area contributed by atoms with E-state index in [2.05, 4.69) is 10.3 Å². The molecule has 0 aliphatic heterocycles. The van der Waals surface area contributed by atoms with Gasteiger partial charge in [-0.25, -0.2) is 4.98 Å². The first kappa shape index (κ1) is 11.4. The highest BCUT2D eigenvalue weighted by Gasteiger charge is 2.03. The first-order valence-electron chi connectivity index (χ1n) is 4.23. The number of amides is 1. The van der Waals surface area contributed by atoms with Gasteiger partial charge in [-0.2, -0.15) is 0 Å². The van der Waals surface area contributed by atoms with Gasteiger partial charge in [-0.3, -0.25) is 10.2 Å². The van der Waals surface area contributed by atoms with E-state index in [0.29, 0.717) is 12.2 Å². The standard InChI is InChI=1S/C8H12N5OS/c9-5(14)2-1-3-7-12-6(4-15-7)13-8(10)11/h1,4H,2-3H2,(H2,9,14)(H4,10,11,13). The summed E-state index contributed by atoms with van der Waals surface area (Å²) in [5.41, 5.74) is 10.1. The number of anilines is 1. The van der Waals surface area contributed by atoms with Crippen LogP contribution in [0.5, 0.6) is 0 Å². The first-order chi connectivity index (χ1) is 7.08. The number of carbonyl (C=O) groups excluding carboxylic acids is 1. The number of rotatable bonds is 5. The van der Waals surface area contributed by atoms with Crippen LogP contribution in [-0.2, 0) is 11.2 Å². The molecule has 15 heavy (non-hydrogen) atoms. The number of hydrogen-bond donors (Lipinski definition) is 4. The van der Waals surface area contributed by atoms with E-state index in [9.17, 15) is 4.79 Å². The van der Waals surface area contributed by atoms with Crippen LogP contribution in [0.3, 0.4) is 0 Å². The summed E-state index contributed by atoms with van der Waals surface area (Å²) >= 11 is 1.43. The van der Waals surface area contributed by atoms with Gasteiger partial charge in [0.25, 0.3) is 0 Å². The maximum Gasteiger partial charge on any atom is 0.217 e. The molecule has 1 aromatic heterocycles. The van der Waals surface area contributed by atoms with Crippen LogP contribution in [-0.4, -0.2) is 16.9 Å². The smallest absolute Gasteiger partial charge is 0.217 e. The third kappa shape index (κ3) is 4.41. The van der Waals surface area contributed by atoms with Crippen molar-refractivity contribution in [3.8, 4) is 0 Å². The van der Waals surface area contributed by atoms with Crippen LogP contribution < -0.4 is 16.8 Å². The molecular formula is C8H12N5OS. The Labute approximate surface area is 91.2 Å². The van der Waals surface area contributed by atoms with Gasteiger partial charge in [0.05, 0.1) is 5.01 Å². The normalized spacial score (nSPS) is 9.87. The second kappa shape index (κ2) is 5.30. The molecule has 0 spiro atoms. The van der Waals surface area contributed by atoms with Gasteiger partial charge in [-0.1, -0.05) is 0 Å². The average molecular weight is 226 g/mol. The lowest BCUT2D eigenvalue weighted by molar-refractivity contribution is -0.117. The number of thiazole rings is 1. The van der Waals surface area contributed by atoms with Crippen molar-refractivity contribution in [3.05, 3.63) is 16.8 Å². The molecule has 0 fully saturated rings. The van der Waals surface area contributed by atoms with Crippen LogP contribution >= 0.6 is 11.3 Å². The van der Waals surface area contributed by atoms with Gasteiger partial charge in [-0.05, 0) is 6.42 Å². The molecule has 6 nitrogen and oxygen atoms in total. The van der Waals surface area contributed by atoms with Crippen LogP contribution in [0.2, 0.25) is 0 Å². The van der Waals surface area contributed by atoms with E-state index in [1.807, 2.05) is 0 Å². The quantitative estimate of drug-likeness (QED) is 0.419. The molecule has 1 amide bonds. The van der Waals surface area contributed by atoms with Crippen molar-refractivity contribution >= 4 is 29.0 Å². The minimum Gasteiger partial charge on any atom is -0.370 e. The van der Waals surface area contributed by atoms with Gasteiger partial charge >= 0.3 is 0 Å². The predicted molar refractivity (Wildman–Crippen MR) is 59.5 cm³/mol. The summed E-state index contributed by atoms with van der Waals surface area (Å²) in [6, 6.07) is 0. The van der Waals surface area contributed by atoms with Crippen LogP contribution in [0, 0.1) is 11.8 Å². The number of primary amides is 1. The average Bonchev–Trinajstić information content (AvgIpc) is 2.50. The number of nitrogens with one attached hydrogen (secondary N) is 2. The summed E-state index contributed by atoms with van der Waals surface area (Å²) in [5.74, 6) is 0.0524. The molecule has 0 saturated heterocycles. The van der Waals surface area contributed by atoms with E-state index in [1.54, 1.807) is 11.8 Å². The monoisotopic (exact) mass is 226 g/mol. The van der Waals surface area contributed by atoms with Crippen LogP contribution in [0.25, 0.3) is 0 Å². The maximum absolute atomic E-state index is 10.5. The highest BCUT2D eigenvalue weighted by molar-refractivity contribution is 7.10. The van der Waals surface area contributed by atoms with E-state index in [4.69, 9.17) is 16.9 Å². The number of carbonyl (C=O) groups is 1. The van der Waals surface area contributed by atoms with Crippen LogP contribution in [0.4, 0.5) is 5.82 Å². The number of hydrogen-bond acceptors (Lipinski definition) is 4. The zero-order valence-corrected chi connectivity index (χ0v) is 8.80. The Bertz CT molecular complexity index is 362. The van der Waals surface area contributed by atoms with E-state index in [-0.39, 0.29) is 18.3 Å². The Morgan fingerprint density at radius 1 is 1.67 bits per heavy atom. The predicted octanol–water partition coefficient (Wildman–Crippen LogP) is 0.0707. The third-order valence-electron chi connectivity index (χ3n) is 1.48. The molecule has 7 heteroatoms. The van der Waals surface area contributed by atoms with Crippen molar-refractivity contribution in [2.24, 2.45) is 11.5 Å². The molecule has 1 rings (SSSR count). The highest BCUT2D eigenvalue weighted by Crippen LogP contribution is 2.15. The molecular weight excluding hydrogens is 214 g/mol. The Morgan fingerprint density at radius 3 is 3.00 bits per heavy atom. The van der Waals surface area contributed by atoms with Crippen molar-refractivity contribution in [1.29, 1.82) is 5.41 Å². The maximum atomic E-state index is 10.5.